The molecule has 1 amide bonds. The van der Waals surface area contributed by atoms with Crippen LogP contribution in [0.2, 0.25) is 0 Å². The minimum absolute atomic E-state index is 0.0676. The zero-order chi connectivity index (χ0) is 20.0. The van der Waals surface area contributed by atoms with E-state index in [2.05, 4.69) is 48.4 Å². The first-order valence-corrected chi connectivity index (χ1v) is 10.2. The molecule has 1 N–H and O–H groups in total. The number of aryl methyl sites for hydroxylation is 1. The van der Waals surface area contributed by atoms with Gasteiger partial charge in [-0.2, -0.15) is 16.3 Å². The lowest BCUT2D eigenvalue weighted by molar-refractivity contribution is -0.121. The van der Waals surface area contributed by atoms with Gasteiger partial charge in [0.25, 0.3) is 0 Å². The first-order valence-electron chi connectivity index (χ1n) is 9.27. The van der Waals surface area contributed by atoms with E-state index < -0.39 is 0 Å². The molecule has 3 aromatic rings. The van der Waals surface area contributed by atoms with E-state index in [1.165, 1.54) is 5.56 Å². The minimum atomic E-state index is -0.0676. The van der Waals surface area contributed by atoms with Crippen LogP contribution in [0.5, 0.6) is 5.75 Å². The number of nitrogens with zero attached hydrogens (tertiary/aromatic N) is 2. The first-order chi connectivity index (χ1) is 13.4. The summed E-state index contributed by atoms with van der Waals surface area (Å²) in [6.45, 7) is 7.40. The van der Waals surface area contributed by atoms with Gasteiger partial charge in [0, 0.05) is 23.8 Å². The minimum Gasteiger partial charge on any atom is -0.492 e. The third-order valence-corrected chi connectivity index (χ3v) is 4.91. The quantitative estimate of drug-likeness (QED) is 0.574. The van der Waals surface area contributed by atoms with Crippen molar-refractivity contribution < 1.29 is 14.1 Å². The third kappa shape index (κ3) is 5.66. The number of rotatable bonds is 8. The van der Waals surface area contributed by atoms with Gasteiger partial charge >= 0.3 is 0 Å². The predicted octanol–water partition coefficient (Wildman–Crippen LogP) is 4.22. The number of carbonyl (C=O) groups is 1. The second kappa shape index (κ2) is 9.01. The van der Waals surface area contributed by atoms with Crippen molar-refractivity contribution in [3.05, 3.63) is 52.5 Å². The molecule has 0 spiro atoms. The molecule has 28 heavy (non-hydrogen) atoms. The molecule has 0 aliphatic carbocycles. The van der Waals surface area contributed by atoms with Gasteiger partial charge in [-0.05, 0) is 34.6 Å². The Morgan fingerprint density at radius 2 is 2.00 bits per heavy atom. The summed E-state index contributed by atoms with van der Waals surface area (Å²) in [5.74, 6) is 1.75. The molecule has 0 bridgehead atoms. The normalized spacial score (nSPS) is 11.4. The Bertz CT molecular complexity index is 881. The van der Waals surface area contributed by atoms with Crippen LogP contribution in [-0.4, -0.2) is 29.2 Å². The van der Waals surface area contributed by atoms with Gasteiger partial charge in [0.15, 0.2) is 0 Å². The average molecular weight is 400 g/mol. The Morgan fingerprint density at radius 3 is 2.68 bits per heavy atom. The van der Waals surface area contributed by atoms with Crippen molar-refractivity contribution in [3.63, 3.8) is 0 Å². The highest BCUT2D eigenvalue weighted by molar-refractivity contribution is 7.08. The summed E-state index contributed by atoms with van der Waals surface area (Å²) < 4.78 is 10.9. The summed E-state index contributed by atoms with van der Waals surface area (Å²) >= 11 is 1.58. The number of hydrogen-bond acceptors (Lipinski definition) is 6. The molecule has 0 atom stereocenters. The van der Waals surface area contributed by atoms with Crippen molar-refractivity contribution in [2.75, 3.05) is 13.2 Å². The van der Waals surface area contributed by atoms with Crippen LogP contribution in [0.4, 0.5) is 0 Å². The van der Waals surface area contributed by atoms with Crippen LogP contribution in [0.15, 0.2) is 45.6 Å². The number of aromatic nitrogens is 2. The number of carbonyl (C=O) groups excluding carboxylic acids is 1. The molecular formula is C21H25N3O3S. The van der Waals surface area contributed by atoms with Crippen molar-refractivity contribution in [1.29, 1.82) is 0 Å². The maximum atomic E-state index is 12.0. The largest absolute Gasteiger partial charge is 0.492 e. The molecule has 0 saturated carbocycles. The molecule has 6 nitrogen and oxygen atoms in total. The van der Waals surface area contributed by atoms with Crippen LogP contribution >= 0.6 is 11.3 Å². The van der Waals surface area contributed by atoms with Gasteiger partial charge in [-0.25, -0.2) is 0 Å². The van der Waals surface area contributed by atoms with E-state index >= 15 is 0 Å². The Labute approximate surface area is 168 Å². The van der Waals surface area contributed by atoms with Crippen LogP contribution in [-0.2, 0) is 16.6 Å². The van der Waals surface area contributed by atoms with E-state index in [1.807, 2.05) is 29.0 Å². The summed E-state index contributed by atoms with van der Waals surface area (Å²) in [5.41, 5.74) is 2.31. The highest BCUT2D eigenvalue weighted by Gasteiger charge is 2.13. The second-order valence-corrected chi connectivity index (χ2v) is 8.28. The number of hydrogen-bond donors (Lipinski definition) is 1. The Balaban J connectivity index is 1.35. The van der Waals surface area contributed by atoms with E-state index in [1.54, 1.807) is 11.3 Å². The maximum absolute atomic E-state index is 12.0. The standard InChI is InChI=1S/C21H25N3O3S/c1-21(2,3)16-4-6-17(7-5-16)26-12-11-22-18(25)8-9-19-23-20(24-27-19)15-10-13-28-14-15/h4-7,10,13-14H,8-9,11-12H2,1-3H3,(H,22,25). The molecule has 0 aliphatic rings. The topological polar surface area (TPSA) is 77.2 Å². The van der Waals surface area contributed by atoms with E-state index in [-0.39, 0.29) is 11.3 Å². The molecular weight excluding hydrogens is 374 g/mol. The first kappa shape index (κ1) is 20.1. The number of thiophene rings is 1. The molecule has 0 fully saturated rings. The van der Waals surface area contributed by atoms with Crippen LogP contribution in [0.1, 0.15) is 38.6 Å². The molecule has 0 saturated heterocycles. The van der Waals surface area contributed by atoms with Crippen LogP contribution in [0, 0.1) is 0 Å². The van der Waals surface area contributed by atoms with Gasteiger partial charge in [0.2, 0.25) is 17.6 Å². The molecule has 2 aromatic heterocycles. The predicted molar refractivity (Wildman–Crippen MR) is 110 cm³/mol. The molecule has 0 radical (unpaired) electrons. The van der Waals surface area contributed by atoms with E-state index in [9.17, 15) is 4.79 Å². The summed E-state index contributed by atoms with van der Waals surface area (Å²) in [7, 11) is 0. The smallest absolute Gasteiger partial charge is 0.227 e. The van der Waals surface area contributed by atoms with Gasteiger partial charge in [-0.3, -0.25) is 4.79 Å². The van der Waals surface area contributed by atoms with Crippen molar-refractivity contribution in [1.82, 2.24) is 15.5 Å². The molecule has 0 unspecified atom stereocenters. The lowest BCUT2D eigenvalue weighted by Gasteiger charge is -2.19. The van der Waals surface area contributed by atoms with Crippen molar-refractivity contribution in [2.24, 2.45) is 0 Å². The zero-order valence-corrected chi connectivity index (χ0v) is 17.2. The molecule has 2 heterocycles. The summed E-state index contributed by atoms with van der Waals surface area (Å²) in [5, 5.41) is 10.7. The Kier molecular flexibility index (Phi) is 6.46. The lowest BCUT2D eigenvalue weighted by Crippen LogP contribution is -2.28. The monoisotopic (exact) mass is 399 g/mol. The van der Waals surface area contributed by atoms with Gasteiger partial charge in [0.1, 0.15) is 12.4 Å². The second-order valence-electron chi connectivity index (χ2n) is 7.50. The zero-order valence-electron chi connectivity index (χ0n) is 16.4. The molecule has 1 aromatic carbocycles. The molecule has 0 aliphatic heterocycles. The van der Waals surface area contributed by atoms with Gasteiger partial charge < -0.3 is 14.6 Å². The third-order valence-electron chi connectivity index (χ3n) is 4.23. The van der Waals surface area contributed by atoms with Gasteiger partial charge in [0.05, 0.1) is 6.54 Å². The molecule has 3 rings (SSSR count). The number of amides is 1. The lowest BCUT2D eigenvalue weighted by atomic mass is 9.87. The van der Waals surface area contributed by atoms with Crippen molar-refractivity contribution in [2.45, 2.75) is 39.0 Å². The van der Waals surface area contributed by atoms with Crippen LogP contribution < -0.4 is 10.1 Å². The van der Waals surface area contributed by atoms with Crippen LogP contribution in [0.25, 0.3) is 11.4 Å². The van der Waals surface area contributed by atoms with Gasteiger partial charge in [-0.15, -0.1) is 0 Å². The number of benzene rings is 1. The fourth-order valence-electron chi connectivity index (χ4n) is 2.58. The Morgan fingerprint density at radius 1 is 1.21 bits per heavy atom. The summed E-state index contributed by atoms with van der Waals surface area (Å²) in [6.07, 6.45) is 0.712. The SMILES string of the molecule is CC(C)(C)c1ccc(OCCNC(=O)CCc2nc(-c3ccsc3)no2)cc1. The van der Waals surface area contributed by atoms with Gasteiger partial charge in [-0.1, -0.05) is 38.1 Å². The number of nitrogens with one attached hydrogen (secondary N) is 1. The Hall–Kier alpha value is -2.67. The fourth-order valence-corrected chi connectivity index (χ4v) is 3.22. The maximum Gasteiger partial charge on any atom is 0.227 e. The summed E-state index contributed by atoms with van der Waals surface area (Å²) in [6, 6.07) is 10.0. The number of ether oxygens (including phenoxy) is 1. The van der Waals surface area contributed by atoms with Crippen LogP contribution in [0.3, 0.4) is 0 Å². The summed E-state index contributed by atoms with van der Waals surface area (Å²) in [4.78, 5) is 16.3. The van der Waals surface area contributed by atoms with Crippen molar-refractivity contribution >= 4 is 17.2 Å². The molecule has 7 heteroatoms. The highest BCUT2D eigenvalue weighted by atomic mass is 32.1. The van der Waals surface area contributed by atoms with E-state index in [0.717, 1.165) is 11.3 Å². The fraction of sp³-hybridized carbons (Fsp3) is 0.381. The van der Waals surface area contributed by atoms with E-state index in [0.29, 0.717) is 37.7 Å². The van der Waals surface area contributed by atoms with E-state index in [4.69, 9.17) is 9.26 Å². The van der Waals surface area contributed by atoms with Crippen molar-refractivity contribution in [3.8, 4) is 17.1 Å². The highest BCUT2D eigenvalue weighted by Crippen LogP contribution is 2.24. The molecule has 148 valence electrons. The average Bonchev–Trinajstić information content (AvgIpc) is 3.34.